The van der Waals surface area contributed by atoms with Gasteiger partial charge in [0.25, 0.3) is 0 Å². The fourth-order valence-corrected chi connectivity index (χ4v) is 2.76. The van der Waals surface area contributed by atoms with Gasteiger partial charge in [-0.15, -0.1) is 0 Å². The molecule has 1 aliphatic carbocycles. The molecule has 0 radical (unpaired) electrons. The van der Waals surface area contributed by atoms with Crippen molar-refractivity contribution >= 4 is 0 Å². The molecule has 0 spiro atoms. The highest BCUT2D eigenvalue weighted by molar-refractivity contribution is 5.11. The highest BCUT2D eigenvalue weighted by Gasteiger charge is 2.23. The van der Waals surface area contributed by atoms with Crippen LogP contribution in [0.2, 0.25) is 0 Å². The van der Waals surface area contributed by atoms with Gasteiger partial charge < -0.3 is 15.3 Å². The first-order valence-corrected chi connectivity index (χ1v) is 8.64. The number of hydrogen-bond acceptors (Lipinski definition) is 3. The molecule has 0 aromatic carbocycles. The van der Waals surface area contributed by atoms with Crippen molar-refractivity contribution in [3.05, 3.63) is 36.5 Å². The minimum Gasteiger partial charge on any atom is -0.386 e. The van der Waals surface area contributed by atoms with Crippen molar-refractivity contribution in [1.82, 2.24) is 0 Å². The highest BCUT2D eigenvalue weighted by Crippen LogP contribution is 2.27. The predicted octanol–water partition coefficient (Wildman–Crippen LogP) is 3.75. The summed E-state index contributed by atoms with van der Waals surface area (Å²) >= 11 is 0. The van der Waals surface area contributed by atoms with Crippen LogP contribution in [0, 0.1) is 11.8 Å². The molecule has 1 rings (SSSR count). The second kappa shape index (κ2) is 7.78. The van der Waals surface area contributed by atoms with Gasteiger partial charge >= 0.3 is 0 Å². The Morgan fingerprint density at radius 3 is 1.83 bits per heavy atom. The molecular weight excluding hydrogens is 288 g/mol. The fourth-order valence-electron chi connectivity index (χ4n) is 2.76. The maximum Gasteiger partial charge on any atom is 0.0834 e. The van der Waals surface area contributed by atoms with Crippen LogP contribution in [0.15, 0.2) is 36.5 Å². The third kappa shape index (κ3) is 7.96. The summed E-state index contributed by atoms with van der Waals surface area (Å²) < 4.78 is 0. The molecule has 0 fully saturated rings. The van der Waals surface area contributed by atoms with Crippen molar-refractivity contribution in [2.24, 2.45) is 11.8 Å². The summed E-state index contributed by atoms with van der Waals surface area (Å²) in [5.74, 6) is 0.766. The molecule has 4 unspecified atom stereocenters. The zero-order chi connectivity index (χ0) is 17.7. The number of aliphatic hydroxyl groups is 3. The van der Waals surface area contributed by atoms with Gasteiger partial charge in [0.15, 0.2) is 0 Å². The van der Waals surface area contributed by atoms with E-state index in [0.29, 0.717) is 31.1 Å². The first-order chi connectivity index (χ1) is 10.4. The summed E-state index contributed by atoms with van der Waals surface area (Å²) in [7, 11) is 0. The lowest BCUT2D eigenvalue weighted by atomic mass is 9.84. The molecule has 0 saturated carbocycles. The maximum atomic E-state index is 10.5. The molecule has 132 valence electrons. The van der Waals surface area contributed by atoms with E-state index in [-0.39, 0.29) is 0 Å². The van der Waals surface area contributed by atoms with Crippen LogP contribution in [0.1, 0.15) is 60.3 Å². The van der Waals surface area contributed by atoms with E-state index in [9.17, 15) is 15.3 Å². The van der Waals surface area contributed by atoms with Crippen molar-refractivity contribution in [2.45, 2.75) is 77.1 Å². The third-order valence-electron chi connectivity index (χ3n) is 4.56. The molecule has 0 aromatic rings. The number of hydrogen-bond donors (Lipinski definition) is 3. The number of rotatable bonds is 1. The van der Waals surface area contributed by atoms with Crippen LogP contribution in [0.25, 0.3) is 0 Å². The summed E-state index contributed by atoms with van der Waals surface area (Å²) in [6.45, 7) is 9.63. The Morgan fingerprint density at radius 2 is 1.30 bits per heavy atom. The quantitative estimate of drug-likeness (QED) is 0.644. The minimum absolute atomic E-state index is 0.316. The largest absolute Gasteiger partial charge is 0.386 e. The summed E-state index contributed by atoms with van der Waals surface area (Å²) in [5, 5.41) is 31.3. The van der Waals surface area contributed by atoms with E-state index >= 15 is 0 Å². The maximum absolute atomic E-state index is 10.5. The van der Waals surface area contributed by atoms with Gasteiger partial charge in [-0.25, -0.2) is 0 Å². The summed E-state index contributed by atoms with van der Waals surface area (Å²) in [4.78, 5) is 0. The van der Waals surface area contributed by atoms with E-state index < -0.39 is 16.8 Å². The van der Waals surface area contributed by atoms with Crippen LogP contribution in [-0.2, 0) is 0 Å². The van der Waals surface area contributed by atoms with Crippen molar-refractivity contribution in [3.63, 3.8) is 0 Å². The van der Waals surface area contributed by atoms with Crippen LogP contribution in [0.4, 0.5) is 0 Å². The Labute approximate surface area is 141 Å². The molecule has 4 atom stereocenters. The Morgan fingerprint density at radius 1 is 0.826 bits per heavy atom. The van der Waals surface area contributed by atoms with Gasteiger partial charge in [0.1, 0.15) is 0 Å². The molecule has 23 heavy (non-hydrogen) atoms. The van der Waals surface area contributed by atoms with E-state index in [1.807, 2.05) is 18.2 Å². The van der Waals surface area contributed by atoms with Crippen LogP contribution < -0.4 is 0 Å². The van der Waals surface area contributed by atoms with Crippen molar-refractivity contribution < 1.29 is 15.3 Å². The lowest BCUT2D eigenvalue weighted by Gasteiger charge is -2.26. The molecule has 0 amide bonds. The van der Waals surface area contributed by atoms with Crippen LogP contribution >= 0.6 is 0 Å². The van der Waals surface area contributed by atoms with Gasteiger partial charge in [0.2, 0.25) is 0 Å². The smallest absolute Gasteiger partial charge is 0.0834 e. The van der Waals surface area contributed by atoms with Crippen LogP contribution in [0.3, 0.4) is 0 Å². The normalized spacial score (nSPS) is 40.3. The van der Waals surface area contributed by atoms with E-state index in [4.69, 9.17) is 0 Å². The Balaban J connectivity index is 3.05. The SMILES string of the molecule is CC(C)C1C=CC(C)(O)CC=CC(C)(O)CC=CC(C)(O)CC1. The van der Waals surface area contributed by atoms with E-state index in [2.05, 4.69) is 19.9 Å². The molecule has 0 aliphatic heterocycles. The minimum atomic E-state index is -0.975. The molecule has 0 saturated heterocycles. The van der Waals surface area contributed by atoms with Gasteiger partial charge in [-0.05, 0) is 58.3 Å². The van der Waals surface area contributed by atoms with E-state index in [1.54, 1.807) is 32.9 Å². The molecule has 3 nitrogen and oxygen atoms in total. The van der Waals surface area contributed by atoms with Crippen molar-refractivity contribution in [3.8, 4) is 0 Å². The molecule has 3 heteroatoms. The Kier molecular flexibility index (Phi) is 6.81. The van der Waals surface area contributed by atoms with Gasteiger partial charge in [-0.1, -0.05) is 50.3 Å². The highest BCUT2D eigenvalue weighted by atomic mass is 16.3. The second-order valence-electron chi connectivity index (χ2n) is 8.09. The average molecular weight is 322 g/mol. The Bertz CT molecular complexity index is 454. The van der Waals surface area contributed by atoms with Gasteiger partial charge in [0.05, 0.1) is 16.8 Å². The van der Waals surface area contributed by atoms with E-state index in [1.165, 1.54) is 0 Å². The number of allylic oxidation sites excluding steroid dienone is 1. The summed E-state index contributed by atoms with van der Waals surface area (Å²) in [6, 6.07) is 0. The zero-order valence-corrected chi connectivity index (χ0v) is 15.3. The third-order valence-corrected chi connectivity index (χ3v) is 4.56. The topological polar surface area (TPSA) is 60.7 Å². The molecule has 0 bridgehead atoms. The average Bonchev–Trinajstić information content (AvgIpc) is 2.35. The van der Waals surface area contributed by atoms with E-state index in [0.717, 1.165) is 6.42 Å². The summed E-state index contributed by atoms with van der Waals surface area (Å²) in [5.41, 5.74) is -2.79. The first-order valence-electron chi connectivity index (χ1n) is 8.64. The molecule has 0 heterocycles. The van der Waals surface area contributed by atoms with Crippen molar-refractivity contribution in [2.75, 3.05) is 0 Å². The van der Waals surface area contributed by atoms with Gasteiger partial charge in [-0.2, -0.15) is 0 Å². The lowest BCUT2D eigenvalue weighted by molar-refractivity contribution is 0.0892. The predicted molar refractivity (Wildman–Crippen MR) is 96.1 cm³/mol. The zero-order valence-electron chi connectivity index (χ0n) is 15.3. The van der Waals surface area contributed by atoms with Gasteiger partial charge in [-0.3, -0.25) is 0 Å². The fraction of sp³-hybridized carbons (Fsp3) is 0.700. The Hall–Kier alpha value is -0.900. The standard InChI is InChI=1S/C20H34O3/c1-16(2)17-8-14-19(4,22)12-6-10-18(3,21)11-7-13-20(5,23)15-9-17/h6-8,10,13-14,16-17,21-23H,9,11-12,15H2,1-5H3. The van der Waals surface area contributed by atoms with Crippen LogP contribution in [0.5, 0.6) is 0 Å². The van der Waals surface area contributed by atoms with Crippen molar-refractivity contribution in [1.29, 1.82) is 0 Å². The monoisotopic (exact) mass is 322 g/mol. The van der Waals surface area contributed by atoms with Crippen LogP contribution in [-0.4, -0.2) is 32.1 Å². The lowest BCUT2D eigenvalue weighted by Crippen LogP contribution is -2.26. The van der Waals surface area contributed by atoms with Gasteiger partial charge in [0, 0.05) is 0 Å². The second-order valence-corrected chi connectivity index (χ2v) is 8.09. The summed E-state index contributed by atoms with van der Waals surface area (Å²) in [6.07, 6.45) is 13.5. The molecule has 1 aliphatic rings. The molecular formula is C20H34O3. The first kappa shape index (κ1) is 20.1. The molecule has 0 aromatic heterocycles. The molecule has 3 N–H and O–H groups in total.